The van der Waals surface area contributed by atoms with E-state index in [0.717, 1.165) is 34.5 Å². The zero-order chi connectivity index (χ0) is 25.5. The summed E-state index contributed by atoms with van der Waals surface area (Å²) in [6, 6.07) is 21.3. The summed E-state index contributed by atoms with van der Waals surface area (Å²) in [4.78, 5) is 14.8. The van der Waals surface area contributed by atoms with Crippen molar-refractivity contribution in [2.24, 2.45) is 0 Å². The molecule has 0 spiro atoms. The number of carbonyl (C=O) groups excluding carboxylic acids is 1. The van der Waals surface area contributed by atoms with Gasteiger partial charge < -0.3 is 19.1 Å². The van der Waals surface area contributed by atoms with Crippen LogP contribution in [-0.2, 0) is 11.2 Å². The van der Waals surface area contributed by atoms with E-state index >= 15 is 0 Å². The standard InChI is InChI=1S/C30H30N2O4/c1-4-34-28-19-23(12-13-27(28)35-16-17-36-29-21(2)8-7-9-22(29)3)18-25(20-31)30(33)32-15-14-24-10-5-6-11-26(24)32/h5-13,18-19H,4,14-17H2,1-3H3/b25-18+. The first kappa shape index (κ1) is 24.9. The highest BCUT2D eigenvalue weighted by molar-refractivity contribution is 6.12. The number of carbonyl (C=O) groups is 1. The van der Waals surface area contributed by atoms with Crippen LogP contribution in [0.25, 0.3) is 6.08 Å². The molecule has 0 aliphatic carbocycles. The molecule has 1 aliphatic rings. The molecule has 1 amide bonds. The van der Waals surface area contributed by atoms with Gasteiger partial charge in [0.1, 0.15) is 30.6 Å². The fourth-order valence-electron chi connectivity index (χ4n) is 4.33. The average Bonchev–Trinajstić information content (AvgIpc) is 3.31. The number of hydrogen-bond acceptors (Lipinski definition) is 5. The molecular formula is C30H30N2O4. The summed E-state index contributed by atoms with van der Waals surface area (Å²) in [5, 5.41) is 9.73. The molecular weight excluding hydrogens is 452 g/mol. The molecule has 3 aromatic carbocycles. The third-order valence-electron chi connectivity index (χ3n) is 6.06. The Balaban J connectivity index is 1.46. The molecule has 6 heteroatoms. The van der Waals surface area contributed by atoms with Gasteiger partial charge in [-0.1, -0.05) is 42.5 Å². The second kappa shape index (κ2) is 11.5. The van der Waals surface area contributed by atoms with Crippen molar-refractivity contribution in [1.82, 2.24) is 0 Å². The van der Waals surface area contributed by atoms with E-state index in [1.807, 2.05) is 69.3 Å². The molecule has 1 heterocycles. The van der Waals surface area contributed by atoms with E-state index in [1.165, 1.54) is 0 Å². The van der Waals surface area contributed by atoms with Gasteiger partial charge in [-0.15, -0.1) is 0 Å². The molecule has 0 radical (unpaired) electrons. The highest BCUT2D eigenvalue weighted by Crippen LogP contribution is 2.31. The minimum atomic E-state index is -0.301. The van der Waals surface area contributed by atoms with Crippen molar-refractivity contribution in [2.75, 3.05) is 31.3 Å². The Morgan fingerprint density at radius 3 is 2.47 bits per heavy atom. The number of nitriles is 1. The molecule has 0 saturated carbocycles. The first-order valence-corrected chi connectivity index (χ1v) is 12.1. The van der Waals surface area contributed by atoms with Gasteiger partial charge in [0.2, 0.25) is 0 Å². The lowest BCUT2D eigenvalue weighted by Gasteiger charge is -2.17. The SMILES string of the molecule is CCOc1cc(/C=C(\C#N)C(=O)N2CCc3ccccc32)ccc1OCCOc1c(C)cccc1C. The molecule has 0 fully saturated rings. The Kier molecular flexibility index (Phi) is 7.92. The van der Waals surface area contributed by atoms with Gasteiger partial charge in [-0.3, -0.25) is 4.79 Å². The van der Waals surface area contributed by atoms with Crippen molar-refractivity contribution in [3.05, 3.63) is 88.5 Å². The van der Waals surface area contributed by atoms with E-state index < -0.39 is 0 Å². The van der Waals surface area contributed by atoms with E-state index in [4.69, 9.17) is 14.2 Å². The van der Waals surface area contributed by atoms with E-state index in [1.54, 1.807) is 23.1 Å². The normalized spacial score (nSPS) is 12.6. The molecule has 0 atom stereocenters. The van der Waals surface area contributed by atoms with Gasteiger partial charge in [0.15, 0.2) is 11.5 Å². The van der Waals surface area contributed by atoms with Crippen molar-refractivity contribution in [2.45, 2.75) is 27.2 Å². The largest absolute Gasteiger partial charge is 0.490 e. The summed E-state index contributed by atoms with van der Waals surface area (Å²) in [6.45, 7) is 7.69. The summed E-state index contributed by atoms with van der Waals surface area (Å²) in [6.07, 6.45) is 2.38. The van der Waals surface area contributed by atoms with Gasteiger partial charge in [-0.2, -0.15) is 5.26 Å². The predicted molar refractivity (Wildman–Crippen MR) is 141 cm³/mol. The lowest BCUT2D eigenvalue weighted by Crippen LogP contribution is -2.29. The molecule has 184 valence electrons. The number of benzene rings is 3. The molecule has 3 aromatic rings. The average molecular weight is 483 g/mol. The Hall–Kier alpha value is -4.24. The minimum absolute atomic E-state index is 0.0739. The van der Waals surface area contributed by atoms with E-state index in [0.29, 0.717) is 43.4 Å². The van der Waals surface area contributed by atoms with Gasteiger partial charge in [0.05, 0.1) is 6.61 Å². The number of hydrogen-bond donors (Lipinski definition) is 0. The molecule has 0 N–H and O–H groups in total. The monoisotopic (exact) mass is 482 g/mol. The Labute approximate surface area is 212 Å². The summed E-state index contributed by atoms with van der Waals surface area (Å²) >= 11 is 0. The van der Waals surface area contributed by atoms with Crippen LogP contribution in [0.15, 0.2) is 66.2 Å². The number of amides is 1. The van der Waals surface area contributed by atoms with E-state index in [2.05, 4.69) is 6.07 Å². The minimum Gasteiger partial charge on any atom is -0.490 e. The van der Waals surface area contributed by atoms with Gasteiger partial charge in [-0.05, 0) is 73.7 Å². The molecule has 0 saturated heterocycles. The fraction of sp³-hybridized carbons (Fsp3) is 0.267. The highest BCUT2D eigenvalue weighted by Gasteiger charge is 2.26. The maximum absolute atomic E-state index is 13.1. The first-order valence-electron chi connectivity index (χ1n) is 12.1. The van der Waals surface area contributed by atoms with Crippen LogP contribution in [0, 0.1) is 25.2 Å². The molecule has 0 bridgehead atoms. The zero-order valence-electron chi connectivity index (χ0n) is 20.9. The van der Waals surface area contributed by atoms with Crippen molar-refractivity contribution >= 4 is 17.7 Å². The van der Waals surface area contributed by atoms with Crippen LogP contribution in [-0.4, -0.2) is 32.3 Å². The molecule has 0 unspecified atom stereocenters. The van der Waals surface area contributed by atoms with Crippen LogP contribution in [0.2, 0.25) is 0 Å². The number of anilines is 1. The number of nitrogens with zero attached hydrogens (tertiary/aromatic N) is 2. The first-order chi connectivity index (χ1) is 17.5. The third kappa shape index (κ3) is 5.52. The van der Waals surface area contributed by atoms with Gasteiger partial charge in [0.25, 0.3) is 5.91 Å². The van der Waals surface area contributed by atoms with Crippen LogP contribution >= 0.6 is 0 Å². The van der Waals surface area contributed by atoms with Gasteiger partial charge in [-0.25, -0.2) is 0 Å². The van der Waals surface area contributed by atoms with Crippen LogP contribution in [0.1, 0.15) is 29.2 Å². The van der Waals surface area contributed by atoms with Gasteiger partial charge in [0, 0.05) is 12.2 Å². The summed E-state index contributed by atoms with van der Waals surface area (Å²) < 4.78 is 17.6. The third-order valence-corrected chi connectivity index (χ3v) is 6.06. The van der Waals surface area contributed by atoms with Crippen molar-refractivity contribution in [3.8, 4) is 23.3 Å². The van der Waals surface area contributed by atoms with E-state index in [-0.39, 0.29) is 11.5 Å². The van der Waals surface area contributed by atoms with Crippen LogP contribution in [0.4, 0.5) is 5.69 Å². The number of fused-ring (bicyclic) bond motifs is 1. The second-order valence-electron chi connectivity index (χ2n) is 8.56. The quantitative estimate of drug-likeness (QED) is 0.224. The Morgan fingerprint density at radius 2 is 1.72 bits per heavy atom. The Bertz CT molecular complexity index is 1300. The lowest BCUT2D eigenvalue weighted by molar-refractivity contribution is -0.114. The van der Waals surface area contributed by atoms with Crippen molar-refractivity contribution < 1.29 is 19.0 Å². The molecule has 0 aromatic heterocycles. The predicted octanol–water partition coefficient (Wildman–Crippen LogP) is 5.66. The van der Waals surface area contributed by atoms with Crippen molar-refractivity contribution in [3.63, 3.8) is 0 Å². The lowest BCUT2D eigenvalue weighted by atomic mass is 10.1. The molecule has 4 rings (SSSR count). The molecule has 36 heavy (non-hydrogen) atoms. The van der Waals surface area contributed by atoms with Crippen molar-refractivity contribution in [1.29, 1.82) is 5.26 Å². The number of ether oxygens (including phenoxy) is 3. The van der Waals surface area contributed by atoms with Crippen LogP contribution < -0.4 is 19.1 Å². The zero-order valence-corrected chi connectivity index (χ0v) is 20.9. The molecule has 1 aliphatic heterocycles. The maximum Gasteiger partial charge on any atom is 0.268 e. The van der Waals surface area contributed by atoms with Crippen LogP contribution in [0.5, 0.6) is 17.2 Å². The fourth-order valence-corrected chi connectivity index (χ4v) is 4.33. The summed E-state index contributed by atoms with van der Waals surface area (Å²) in [5.74, 6) is 1.71. The highest BCUT2D eigenvalue weighted by atomic mass is 16.5. The number of aryl methyl sites for hydroxylation is 2. The second-order valence-corrected chi connectivity index (χ2v) is 8.56. The van der Waals surface area contributed by atoms with Crippen LogP contribution in [0.3, 0.4) is 0 Å². The van der Waals surface area contributed by atoms with Gasteiger partial charge >= 0.3 is 0 Å². The number of rotatable bonds is 9. The van der Waals surface area contributed by atoms with E-state index in [9.17, 15) is 10.1 Å². The topological polar surface area (TPSA) is 71.8 Å². The summed E-state index contributed by atoms with van der Waals surface area (Å²) in [7, 11) is 0. The summed E-state index contributed by atoms with van der Waals surface area (Å²) in [5.41, 5.74) is 4.91. The maximum atomic E-state index is 13.1. The molecule has 6 nitrogen and oxygen atoms in total. The smallest absolute Gasteiger partial charge is 0.268 e. The number of para-hydroxylation sites is 2. The Morgan fingerprint density at radius 1 is 0.972 bits per heavy atom.